The van der Waals surface area contributed by atoms with E-state index in [4.69, 9.17) is 0 Å². The summed E-state index contributed by atoms with van der Waals surface area (Å²) in [5, 5.41) is 15.3. The van der Waals surface area contributed by atoms with Gasteiger partial charge in [0.25, 0.3) is 0 Å². The van der Waals surface area contributed by atoms with Crippen LogP contribution in [0.3, 0.4) is 0 Å². The number of ketones is 1. The van der Waals surface area contributed by atoms with Gasteiger partial charge in [0.2, 0.25) is 5.78 Å². The molecule has 0 aliphatic carbocycles. The number of hydrogen-bond donors (Lipinski definition) is 2. The Morgan fingerprint density at radius 1 is 0.964 bits per heavy atom. The molecule has 0 aliphatic heterocycles. The molecule has 2 N–H and O–H groups in total. The Morgan fingerprint density at radius 3 is 2.14 bits per heavy atom. The number of aliphatic hydroxyl groups is 1. The normalized spacial score (nSPS) is 12.8. The lowest BCUT2D eigenvalue weighted by atomic mass is 10.0. The average Bonchev–Trinajstić information content (AvgIpc) is 3.20. The number of alkyl halides is 4. The highest BCUT2D eigenvalue weighted by Gasteiger charge is 2.63. The van der Waals surface area contributed by atoms with Crippen molar-refractivity contribution < 1.29 is 27.5 Å². The van der Waals surface area contributed by atoms with Crippen molar-refractivity contribution in [3.8, 4) is 11.3 Å². The quantitative estimate of drug-likeness (QED) is 0.355. The van der Waals surface area contributed by atoms with Crippen LogP contribution in [0.1, 0.15) is 11.3 Å². The van der Waals surface area contributed by atoms with Crippen LogP contribution in [0.25, 0.3) is 17.0 Å². The van der Waals surface area contributed by atoms with Gasteiger partial charge >= 0.3 is 11.8 Å². The van der Waals surface area contributed by atoms with Gasteiger partial charge in [-0.25, -0.2) is 0 Å². The molecular formula is C20H14F4N2O2. The minimum absolute atomic E-state index is 0.0289. The number of hydrogen-bond acceptors (Lipinski definition) is 3. The summed E-state index contributed by atoms with van der Waals surface area (Å²) in [7, 11) is 0. The fourth-order valence-corrected chi connectivity index (χ4v) is 2.47. The molecule has 0 fully saturated rings. The molecule has 3 aromatic rings. The maximum absolute atomic E-state index is 14.4. The van der Waals surface area contributed by atoms with Gasteiger partial charge in [-0.2, -0.15) is 22.7 Å². The molecule has 144 valence electrons. The van der Waals surface area contributed by atoms with Crippen molar-refractivity contribution in [3.05, 3.63) is 84.1 Å². The van der Waals surface area contributed by atoms with Crippen LogP contribution in [0.2, 0.25) is 0 Å². The van der Waals surface area contributed by atoms with Gasteiger partial charge in [0, 0.05) is 17.2 Å². The number of carbonyl (C=O) groups excluding carboxylic acids is 1. The number of carbonyl (C=O) groups is 1. The lowest BCUT2D eigenvalue weighted by Gasteiger charge is -2.23. The number of halogens is 4. The lowest BCUT2D eigenvalue weighted by Crippen LogP contribution is -2.44. The number of aliphatic hydroxyl groups excluding tert-OH is 1. The van der Waals surface area contributed by atoms with E-state index < -0.39 is 29.1 Å². The number of allylic oxidation sites excluding steroid dienone is 1. The van der Waals surface area contributed by atoms with Gasteiger partial charge in [0.15, 0.2) is 0 Å². The van der Waals surface area contributed by atoms with Crippen molar-refractivity contribution in [2.24, 2.45) is 0 Å². The second kappa shape index (κ2) is 7.30. The minimum Gasteiger partial charge on any atom is -0.507 e. The summed E-state index contributed by atoms with van der Waals surface area (Å²) in [4.78, 5) is 11.8. The number of aromatic amines is 1. The summed E-state index contributed by atoms with van der Waals surface area (Å²) in [5.41, 5.74) is -0.696. The average molecular weight is 390 g/mol. The first-order chi connectivity index (χ1) is 13.2. The molecule has 1 aromatic heterocycles. The van der Waals surface area contributed by atoms with E-state index in [-0.39, 0.29) is 17.3 Å². The smallest absolute Gasteiger partial charge is 0.377 e. The third-order valence-corrected chi connectivity index (χ3v) is 4.03. The molecule has 0 radical (unpaired) electrons. The summed E-state index contributed by atoms with van der Waals surface area (Å²) < 4.78 is 57.4. The molecule has 1 heterocycles. The Labute approximate surface area is 157 Å². The highest BCUT2D eigenvalue weighted by molar-refractivity contribution is 6.01. The molecule has 4 nitrogen and oxygen atoms in total. The molecule has 3 rings (SSSR count). The SMILES string of the molecule is O=C(C=C(O)c1ccccc1)C(F)(F)C(F)(F)c1cc(-c2ccccc2)n[nH]1. The van der Waals surface area contributed by atoms with Crippen LogP contribution >= 0.6 is 0 Å². The zero-order chi connectivity index (χ0) is 20.4. The maximum Gasteiger partial charge on any atom is 0.377 e. The minimum atomic E-state index is -5.10. The number of rotatable bonds is 6. The molecule has 2 aromatic carbocycles. The molecule has 0 amide bonds. The first-order valence-electron chi connectivity index (χ1n) is 8.11. The molecule has 0 aliphatic rings. The summed E-state index contributed by atoms with van der Waals surface area (Å²) >= 11 is 0. The van der Waals surface area contributed by atoms with E-state index in [0.717, 1.165) is 6.07 Å². The van der Waals surface area contributed by atoms with Crippen LogP contribution in [0, 0.1) is 0 Å². The first kappa shape index (κ1) is 19.3. The van der Waals surface area contributed by atoms with E-state index >= 15 is 0 Å². The molecule has 0 saturated heterocycles. The maximum atomic E-state index is 14.4. The van der Waals surface area contributed by atoms with E-state index in [1.54, 1.807) is 36.4 Å². The second-order valence-electron chi connectivity index (χ2n) is 5.94. The third-order valence-electron chi connectivity index (χ3n) is 4.03. The Hall–Kier alpha value is -3.42. The number of nitrogens with one attached hydrogen (secondary N) is 1. The number of aromatic nitrogens is 2. The molecule has 0 saturated carbocycles. The number of benzene rings is 2. The molecular weight excluding hydrogens is 376 g/mol. The van der Waals surface area contributed by atoms with Crippen molar-refractivity contribution in [2.75, 3.05) is 0 Å². The van der Waals surface area contributed by atoms with Crippen molar-refractivity contribution in [1.82, 2.24) is 10.2 Å². The standard InChI is InChI=1S/C20H14F4N2O2/c21-19(22,17-11-15(25-26-17)13-7-3-1-4-8-13)20(23,24)18(28)12-16(27)14-9-5-2-6-10-14/h1-12,27H,(H,25,26). The summed E-state index contributed by atoms with van der Waals surface area (Å²) in [6, 6.07) is 16.1. The van der Waals surface area contributed by atoms with Crippen molar-refractivity contribution >= 4 is 11.5 Å². The largest absolute Gasteiger partial charge is 0.507 e. The van der Waals surface area contributed by atoms with Gasteiger partial charge in [-0.1, -0.05) is 60.7 Å². The summed E-state index contributed by atoms with van der Waals surface area (Å²) in [6.45, 7) is 0. The van der Waals surface area contributed by atoms with E-state index in [9.17, 15) is 27.5 Å². The fraction of sp³-hybridized carbons (Fsp3) is 0.100. The van der Waals surface area contributed by atoms with Crippen molar-refractivity contribution in [2.45, 2.75) is 11.8 Å². The number of nitrogens with zero attached hydrogens (tertiary/aromatic N) is 1. The van der Waals surface area contributed by atoms with E-state index in [2.05, 4.69) is 5.10 Å². The van der Waals surface area contributed by atoms with Gasteiger partial charge in [-0.15, -0.1) is 0 Å². The molecule has 8 heteroatoms. The Kier molecular flexibility index (Phi) is 5.04. The fourth-order valence-electron chi connectivity index (χ4n) is 2.47. The van der Waals surface area contributed by atoms with Crippen LogP contribution in [-0.2, 0) is 10.7 Å². The van der Waals surface area contributed by atoms with E-state index in [0.29, 0.717) is 5.56 Å². The third kappa shape index (κ3) is 3.53. The predicted molar refractivity (Wildman–Crippen MR) is 94.9 cm³/mol. The van der Waals surface area contributed by atoms with Crippen molar-refractivity contribution in [3.63, 3.8) is 0 Å². The van der Waals surface area contributed by atoms with Gasteiger partial charge < -0.3 is 5.11 Å². The number of H-pyrrole nitrogens is 1. The summed E-state index contributed by atoms with van der Waals surface area (Å²) in [5.74, 6) is -13.0. The van der Waals surface area contributed by atoms with Crippen LogP contribution in [0.4, 0.5) is 17.6 Å². The molecule has 0 bridgehead atoms. The Bertz CT molecular complexity index is 999. The molecule has 0 spiro atoms. The van der Waals surface area contributed by atoms with Crippen LogP contribution in [0.15, 0.2) is 72.8 Å². The van der Waals surface area contributed by atoms with E-state index in [1.807, 2.05) is 5.10 Å². The monoisotopic (exact) mass is 390 g/mol. The van der Waals surface area contributed by atoms with E-state index in [1.165, 1.54) is 24.3 Å². The van der Waals surface area contributed by atoms with Gasteiger partial charge in [0.05, 0.1) is 5.69 Å². The van der Waals surface area contributed by atoms with Crippen LogP contribution in [-0.4, -0.2) is 27.0 Å². The van der Waals surface area contributed by atoms with Gasteiger partial charge in [-0.05, 0) is 6.07 Å². The summed E-state index contributed by atoms with van der Waals surface area (Å²) in [6.07, 6.45) is 0.0950. The highest BCUT2D eigenvalue weighted by atomic mass is 19.3. The molecule has 0 atom stereocenters. The topological polar surface area (TPSA) is 66.0 Å². The molecule has 28 heavy (non-hydrogen) atoms. The molecule has 0 unspecified atom stereocenters. The van der Waals surface area contributed by atoms with Crippen LogP contribution in [0.5, 0.6) is 0 Å². The van der Waals surface area contributed by atoms with Gasteiger partial charge in [0.1, 0.15) is 11.5 Å². The lowest BCUT2D eigenvalue weighted by molar-refractivity contribution is -0.211. The Morgan fingerprint density at radius 2 is 1.54 bits per heavy atom. The second-order valence-corrected chi connectivity index (χ2v) is 5.94. The zero-order valence-electron chi connectivity index (χ0n) is 14.2. The first-order valence-corrected chi connectivity index (χ1v) is 8.11. The van der Waals surface area contributed by atoms with Gasteiger partial charge in [-0.3, -0.25) is 9.89 Å². The zero-order valence-corrected chi connectivity index (χ0v) is 14.2. The predicted octanol–water partition coefficient (Wildman–Crippen LogP) is 4.97. The van der Waals surface area contributed by atoms with Crippen LogP contribution < -0.4 is 0 Å². The van der Waals surface area contributed by atoms with Crippen molar-refractivity contribution in [1.29, 1.82) is 0 Å². The Balaban J connectivity index is 1.89. The highest BCUT2D eigenvalue weighted by Crippen LogP contribution is 2.44.